The molecule has 4 heteroatoms. The second-order valence-electron chi connectivity index (χ2n) is 5.56. The van der Waals surface area contributed by atoms with Gasteiger partial charge in [0.15, 0.2) is 0 Å². The molecule has 106 valence electrons. The Kier molecular flexibility index (Phi) is 5.56. The molecule has 0 amide bonds. The van der Waals surface area contributed by atoms with E-state index in [4.69, 9.17) is 0 Å². The maximum Gasteiger partial charge on any atom is 0.106 e. The first-order valence-corrected chi connectivity index (χ1v) is 7.11. The topological polar surface area (TPSA) is 53.6 Å². The maximum absolute atomic E-state index is 9.45. The standard InChI is InChI=1S/C15H26N4/c1-6-15(10-16,18-12(2)3)8-7-9-19-11-17-13(4)14(19)5/h11-12,18H,6-9H2,1-5H3. The van der Waals surface area contributed by atoms with Gasteiger partial charge < -0.3 is 4.57 Å². The van der Waals surface area contributed by atoms with E-state index in [0.717, 1.165) is 31.5 Å². The summed E-state index contributed by atoms with van der Waals surface area (Å²) in [4.78, 5) is 4.30. The van der Waals surface area contributed by atoms with Gasteiger partial charge in [0.2, 0.25) is 0 Å². The van der Waals surface area contributed by atoms with Crippen molar-refractivity contribution in [1.82, 2.24) is 14.9 Å². The Hall–Kier alpha value is -1.34. The molecule has 1 unspecified atom stereocenters. The van der Waals surface area contributed by atoms with E-state index in [9.17, 15) is 5.26 Å². The van der Waals surface area contributed by atoms with Crippen LogP contribution in [0.1, 0.15) is 51.4 Å². The quantitative estimate of drug-likeness (QED) is 0.822. The van der Waals surface area contributed by atoms with E-state index in [-0.39, 0.29) is 0 Å². The molecule has 1 aromatic heterocycles. The SMILES string of the molecule is CCC(C#N)(CCCn1cnc(C)c1C)NC(C)C. The number of hydrogen-bond acceptors (Lipinski definition) is 3. The summed E-state index contributed by atoms with van der Waals surface area (Å²) in [5.41, 5.74) is 1.91. The Bertz CT molecular complexity index is 441. The molecule has 1 aromatic rings. The smallest absolute Gasteiger partial charge is 0.106 e. The molecule has 0 saturated carbocycles. The van der Waals surface area contributed by atoms with E-state index in [1.54, 1.807) is 0 Å². The van der Waals surface area contributed by atoms with Crippen LogP contribution in [0.3, 0.4) is 0 Å². The van der Waals surface area contributed by atoms with Gasteiger partial charge in [0.05, 0.1) is 18.1 Å². The lowest BCUT2D eigenvalue weighted by Crippen LogP contribution is -2.47. The van der Waals surface area contributed by atoms with Crippen molar-refractivity contribution in [1.29, 1.82) is 5.26 Å². The lowest BCUT2D eigenvalue weighted by atomic mass is 9.91. The summed E-state index contributed by atoms with van der Waals surface area (Å²) in [6.07, 6.45) is 4.58. The number of aryl methyl sites for hydroxylation is 2. The van der Waals surface area contributed by atoms with E-state index >= 15 is 0 Å². The van der Waals surface area contributed by atoms with Gasteiger partial charge in [-0.15, -0.1) is 0 Å². The molecule has 0 aromatic carbocycles. The van der Waals surface area contributed by atoms with Crippen LogP contribution in [0, 0.1) is 25.2 Å². The van der Waals surface area contributed by atoms with Crippen LogP contribution < -0.4 is 5.32 Å². The molecule has 1 heterocycles. The first-order valence-electron chi connectivity index (χ1n) is 7.11. The molecule has 0 bridgehead atoms. The van der Waals surface area contributed by atoms with Crippen LogP contribution in [-0.4, -0.2) is 21.1 Å². The molecule has 0 radical (unpaired) electrons. The largest absolute Gasteiger partial charge is 0.335 e. The Morgan fingerprint density at radius 1 is 1.47 bits per heavy atom. The second kappa shape index (κ2) is 6.72. The number of nitrogens with one attached hydrogen (secondary N) is 1. The van der Waals surface area contributed by atoms with Gasteiger partial charge in [0, 0.05) is 18.3 Å². The predicted molar refractivity (Wildman–Crippen MR) is 77.8 cm³/mol. The lowest BCUT2D eigenvalue weighted by molar-refractivity contribution is 0.329. The highest BCUT2D eigenvalue weighted by atomic mass is 15.1. The van der Waals surface area contributed by atoms with Gasteiger partial charge in [-0.05, 0) is 47.0 Å². The number of nitrogens with zero attached hydrogens (tertiary/aromatic N) is 3. The van der Waals surface area contributed by atoms with E-state index in [2.05, 4.69) is 48.6 Å². The van der Waals surface area contributed by atoms with E-state index in [1.807, 2.05) is 13.3 Å². The fraction of sp³-hybridized carbons (Fsp3) is 0.733. The summed E-state index contributed by atoms with van der Waals surface area (Å²) >= 11 is 0. The van der Waals surface area contributed by atoms with E-state index in [0.29, 0.717) is 6.04 Å². The van der Waals surface area contributed by atoms with Crippen LogP contribution in [0.15, 0.2) is 6.33 Å². The minimum Gasteiger partial charge on any atom is -0.335 e. The Morgan fingerprint density at radius 2 is 2.16 bits per heavy atom. The van der Waals surface area contributed by atoms with Crippen LogP contribution in [-0.2, 0) is 6.54 Å². The van der Waals surface area contributed by atoms with Crippen molar-refractivity contribution in [3.8, 4) is 6.07 Å². The third-order valence-corrected chi connectivity index (χ3v) is 3.73. The van der Waals surface area contributed by atoms with Crippen molar-refractivity contribution in [3.05, 3.63) is 17.7 Å². The molecule has 0 aliphatic carbocycles. The summed E-state index contributed by atoms with van der Waals surface area (Å²) in [7, 11) is 0. The van der Waals surface area contributed by atoms with Gasteiger partial charge >= 0.3 is 0 Å². The van der Waals surface area contributed by atoms with Crippen LogP contribution >= 0.6 is 0 Å². The molecular formula is C15H26N4. The highest BCUT2D eigenvalue weighted by Gasteiger charge is 2.27. The molecule has 0 fully saturated rings. The number of nitriles is 1. The third-order valence-electron chi connectivity index (χ3n) is 3.73. The molecule has 0 saturated heterocycles. The van der Waals surface area contributed by atoms with Crippen LogP contribution in [0.2, 0.25) is 0 Å². The van der Waals surface area contributed by atoms with Gasteiger partial charge in [-0.2, -0.15) is 5.26 Å². The van der Waals surface area contributed by atoms with Gasteiger partial charge in [-0.25, -0.2) is 4.98 Å². The zero-order chi connectivity index (χ0) is 14.5. The fourth-order valence-corrected chi connectivity index (χ4v) is 2.39. The molecule has 0 aliphatic heterocycles. The predicted octanol–water partition coefficient (Wildman–Crippen LogP) is 2.95. The minimum absolute atomic E-state index is 0.330. The Labute approximate surface area is 116 Å². The summed E-state index contributed by atoms with van der Waals surface area (Å²) < 4.78 is 2.17. The first kappa shape index (κ1) is 15.7. The van der Waals surface area contributed by atoms with Crippen molar-refractivity contribution in [2.24, 2.45) is 0 Å². The summed E-state index contributed by atoms with van der Waals surface area (Å²) in [5, 5.41) is 12.9. The van der Waals surface area contributed by atoms with E-state index in [1.165, 1.54) is 5.69 Å². The van der Waals surface area contributed by atoms with Crippen molar-refractivity contribution >= 4 is 0 Å². The zero-order valence-electron chi connectivity index (χ0n) is 12.8. The van der Waals surface area contributed by atoms with Crippen molar-refractivity contribution in [3.63, 3.8) is 0 Å². The van der Waals surface area contributed by atoms with Gasteiger partial charge in [-0.3, -0.25) is 5.32 Å². The van der Waals surface area contributed by atoms with Crippen LogP contribution in [0.25, 0.3) is 0 Å². The number of imidazole rings is 1. The molecule has 1 atom stereocenters. The Balaban J connectivity index is 2.58. The van der Waals surface area contributed by atoms with Gasteiger partial charge in [-0.1, -0.05) is 6.92 Å². The molecule has 4 nitrogen and oxygen atoms in total. The number of hydrogen-bond donors (Lipinski definition) is 1. The number of rotatable bonds is 7. The molecule has 0 spiro atoms. The monoisotopic (exact) mass is 262 g/mol. The van der Waals surface area contributed by atoms with Gasteiger partial charge in [0.1, 0.15) is 5.54 Å². The maximum atomic E-state index is 9.45. The zero-order valence-corrected chi connectivity index (χ0v) is 12.8. The Morgan fingerprint density at radius 3 is 2.58 bits per heavy atom. The summed E-state index contributed by atoms with van der Waals surface area (Å²) in [6, 6.07) is 2.80. The highest BCUT2D eigenvalue weighted by Crippen LogP contribution is 2.19. The summed E-state index contributed by atoms with van der Waals surface area (Å²) in [6.45, 7) is 11.3. The molecule has 0 aliphatic rings. The third kappa shape index (κ3) is 4.07. The normalized spacial score (nSPS) is 14.4. The average molecular weight is 262 g/mol. The molecule has 19 heavy (non-hydrogen) atoms. The second-order valence-corrected chi connectivity index (χ2v) is 5.56. The van der Waals surface area contributed by atoms with E-state index < -0.39 is 5.54 Å². The van der Waals surface area contributed by atoms with Crippen LogP contribution in [0.5, 0.6) is 0 Å². The van der Waals surface area contributed by atoms with Crippen molar-refractivity contribution in [2.45, 2.75) is 72.0 Å². The van der Waals surface area contributed by atoms with Crippen LogP contribution in [0.4, 0.5) is 0 Å². The highest BCUT2D eigenvalue weighted by molar-refractivity contribution is 5.09. The van der Waals surface area contributed by atoms with Crippen molar-refractivity contribution < 1.29 is 0 Å². The lowest BCUT2D eigenvalue weighted by Gasteiger charge is -2.29. The molecular weight excluding hydrogens is 236 g/mol. The van der Waals surface area contributed by atoms with Gasteiger partial charge in [0.25, 0.3) is 0 Å². The number of aromatic nitrogens is 2. The van der Waals surface area contributed by atoms with Crippen molar-refractivity contribution in [2.75, 3.05) is 0 Å². The average Bonchev–Trinajstić information content (AvgIpc) is 2.69. The summed E-state index contributed by atoms with van der Waals surface area (Å²) in [5.74, 6) is 0. The molecule has 1 N–H and O–H groups in total. The fourth-order valence-electron chi connectivity index (χ4n) is 2.39. The molecule has 1 rings (SSSR count). The minimum atomic E-state index is -0.391. The first-order chi connectivity index (χ1) is 8.94.